The monoisotopic (exact) mass is 246 g/mol. The molecule has 2 N–H and O–H groups in total. The van der Waals surface area contributed by atoms with Gasteiger partial charge >= 0.3 is 5.97 Å². The molecule has 1 heterocycles. The largest absolute Gasteiger partial charge is 0.481 e. The zero-order valence-electron chi connectivity index (χ0n) is 9.80. The third kappa shape index (κ3) is 3.43. The molecule has 1 aromatic carbocycles. The molecule has 0 fully saturated rings. The Balaban J connectivity index is 1.94. The van der Waals surface area contributed by atoms with Gasteiger partial charge in [-0.05, 0) is 11.1 Å². The fourth-order valence-electron chi connectivity index (χ4n) is 1.72. The van der Waals surface area contributed by atoms with Gasteiger partial charge in [-0.25, -0.2) is 0 Å². The van der Waals surface area contributed by atoms with Crippen molar-refractivity contribution in [2.45, 2.75) is 19.5 Å². The van der Waals surface area contributed by atoms with Gasteiger partial charge in [-0.2, -0.15) is 0 Å². The van der Waals surface area contributed by atoms with Gasteiger partial charge in [0.05, 0.1) is 12.1 Å². The summed E-state index contributed by atoms with van der Waals surface area (Å²) in [5.74, 6) is -0.820. The summed E-state index contributed by atoms with van der Waals surface area (Å²) in [4.78, 5) is 10.7. The summed E-state index contributed by atoms with van der Waals surface area (Å²) >= 11 is 0. The van der Waals surface area contributed by atoms with Crippen molar-refractivity contribution in [1.82, 2.24) is 10.5 Å². The molecule has 0 saturated carbocycles. The Hall–Kier alpha value is -2.14. The summed E-state index contributed by atoms with van der Waals surface area (Å²) in [5, 5.41) is 15.8. The second kappa shape index (κ2) is 5.97. The Morgan fingerprint density at radius 3 is 2.67 bits per heavy atom. The molecule has 0 bridgehead atoms. The van der Waals surface area contributed by atoms with Crippen LogP contribution in [-0.2, 0) is 24.3 Å². The first-order valence-corrected chi connectivity index (χ1v) is 5.64. The standard InChI is InChI=1S/C13H14N2O3/c16-13(17)7-10-3-1-2-4-11(10)8-14-9-12-5-6-18-15-12/h1-6,14H,7-9H2,(H,16,17). The van der Waals surface area contributed by atoms with Crippen molar-refractivity contribution in [3.63, 3.8) is 0 Å². The fraction of sp³-hybridized carbons (Fsp3) is 0.231. The van der Waals surface area contributed by atoms with Gasteiger partial charge in [-0.15, -0.1) is 0 Å². The van der Waals surface area contributed by atoms with E-state index in [-0.39, 0.29) is 6.42 Å². The minimum Gasteiger partial charge on any atom is -0.481 e. The first-order chi connectivity index (χ1) is 8.75. The molecule has 5 nitrogen and oxygen atoms in total. The average Bonchev–Trinajstić information content (AvgIpc) is 2.84. The zero-order valence-corrected chi connectivity index (χ0v) is 9.80. The maximum atomic E-state index is 10.7. The molecule has 0 saturated heterocycles. The van der Waals surface area contributed by atoms with Crippen LogP contribution in [0.1, 0.15) is 16.8 Å². The van der Waals surface area contributed by atoms with Gasteiger partial charge in [0.25, 0.3) is 0 Å². The van der Waals surface area contributed by atoms with E-state index in [0.29, 0.717) is 13.1 Å². The van der Waals surface area contributed by atoms with Crippen LogP contribution in [0, 0.1) is 0 Å². The number of rotatable bonds is 6. The Kier molecular flexibility index (Phi) is 4.09. The number of aromatic nitrogens is 1. The van der Waals surface area contributed by atoms with E-state index in [4.69, 9.17) is 9.63 Å². The highest BCUT2D eigenvalue weighted by Gasteiger charge is 2.06. The second-order valence-corrected chi connectivity index (χ2v) is 3.93. The Labute approximate surface area is 104 Å². The van der Waals surface area contributed by atoms with Crippen LogP contribution >= 0.6 is 0 Å². The summed E-state index contributed by atoms with van der Waals surface area (Å²) in [5.41, 5.74) is 2.65. The van der Waals surface area contributed by atoms with Crippen LogP contribution in [0.3, 0.4) is 0 Å². The van der Waals surface area contributed by atoms with Crippen molar-refractivity contribution >= 4 is 5.97 Å². The molecule has 94 valence electrons. The van der Waals surface area contributed by atoms with E-state index in [0.717, 1.165) is 16.8 Å². The number of carboxylic acids is 1. The van der Waals surface area contributed by atoms with Crippen molar-refractivity contribution in [1.29, 1.82) is 0 Å². The molecule has 0 unspecified atom stereocenters. The third-order valence-corrected chi connectivity index (χ3v) is 2.57. The van der Waals surface area contributed by atoms with Crippen molar-refractivity contribution in [3.05, 3.63) is 53.4 Å². The number of nitrogens with zero attached hydrogens (tertiary/aromatic N) is 1. The maximum Gasteiger partial charge on any atom is 0.307 e. The summed E-state index contributed by atoms with van der Waals surface area (Å²) in [6.07, 6.45) is 1.57. The molecule has 5 heteroatoms. The Morgan fingerprint density at radius 2 is 2.00 bits per heavy atom. The minimum absolute atomic E-state index is 0.0435. The van der Waals surface area contributed by atoms with E-state index in [1.54, 1.807) is 6.07 Å². The van der Waals surface area contributed by atoms with Crippen LogP contribution < -0.4 is 5.32 Å². The van der Waals surface area contributed by atoms with Crippen LogP contribution in [0.4, 0.5) is 0 Å². The van der Waals surface area contributed by atoms with Gasteiger partial charge in [0.15, 0.2) is 0 Å². The number of carbonyl (C=O) groups is 1. The van der Waals surface area contributed by atoms with Crippen LogP contribution in [0.5, 0.6) is 0 Å². The predicted molar refractivity (Wildman–Crippen MR) is 64.8 cm³/mol. The van der Waals surface area contributed by atoms with Crippen LogP contribution in [-0.4, -0.2) is 16.2 Å². The molecule has 0 atom stereocenters. The summed E-state index contributed by atoms with van der Waals surface area (Å²) < 4.78 is 4.73. The van der Waals surface area contributed by atoms with E-state index >= 15 is 0 Å². The van der Waals surface area contributed by atoms with Crippen molar-refractivity contribution in [2.24, 2.45) is 0 Å². The molecule has 2 aromatic rings. The number of hydrogen-bond donors (Lipinski definition) is 2. The van der Waals surface area contributed by atoms with Gasteiger partial charge in [-0.1, -0.05) is 29.4 Å². The van der Waals surface area contributed by atoms with Crippen LogP contribution in [0.15, 0.2) is 41.1 Å². The van der Waals surface area contributed by atoms with E-state index < -0.39 is 5.97 Å². The molecule has 0 aliphatic heterocycles. The Morgan fingerprint density at radius 1 is 1.22 bits per heavy atom. The normalized spacial score (nSPS) is 10.4. The fourth-order valence-corrected chi connectivity index (χ4v) is 1.72. The second-order valence-electron chi connectivity index (χ2n) is 3.93. The number of aliphatic carboxylic acids is 1. The Bertz CT molecular complexity index is 509. The quantitative estimate of drug-likeness (QED) is 0.809. The van der Waals surface area contributed by atoms with Crippen molar-refractivity contribution in [2.75, 3.05) is 0 Å². The number of nitrogens with one attached hydrogen (secondary N) is 1. The zero-order chi connectivity index (χ0) is 12.8. The molecular formula is C13H14N2O3. The molecule has 1 aromatic heterocycles. The lowest BCUT2D eigenvalue weighted by atomic mass is 10.0. The number of hydrogen-bond acceptors (Lipinski definition) is 4. The lowest BCUT2D eigenvalue weighted by Gasteiger charge is -2.08. The van der Waals surface area contributed by atoms with E-state index in [1.807, 2.05) is 24.3 Å². The molecule has 0 aliphatic rings. The number of carboxylic acid groups (broad SMARTS) is 1. The summed E-state index contributed by atoms with van der Waals surface area (Å²) in [6.45, 7) is 1.20. The van der Waals surface area contributed by atoms with Gasteiger partial charge in [0, 0.05) is 19.2 Å². The highest BCUT2D eigenvalue weighted by molar-refractivity contribution is 5.70. The van der Waals surface area contributed by atoms with Gasteiger partial charge in [0.2, 0.25) is 0 Å². The van der Waals surface area contributed by atoms with E-state index in [2.05, 4.69) is 10.5 Å². The molecule has 18 heavy (non-hydrogen) atoms. The van der Waals surface area contributed by atoms with E-state index in [9.17, 15) is 4.79 Å². The molecule has 0 radical (unpaired) electrons. The molecule has 0 spiro atoms. The van der Waals surface area contributed by atoms with Crippen LogP contribution in [0.2, 0.25) is 0 Å². The highest BCUT2D eigenvalue weighted by atomic mass is 16.5. The summed E-state index contributed by atoms with van der Waals surface area (Å²) in [6, 6.07) is 9.29. The average molecular weight is 246 g/mol. The SMILES string of the molecule is O=C(O)Cc1ccccc1CNCc1ccon1. The minimum atomic E-state index is -0.820. The molecule has 2 rings (SSSR count). The molecular weight excluding hydrogens is 232 g/mol. The molecule has 0 amide bonds. The van der Waals surface area contributed by atoms with Gasteiger partial charge < -0.3 is 14.9 Å². The lowest BCUT2D eigenvalue weighted by Crippen LogP contribution is -2.15. The van der Waals surface area contributed by atoms with Crippen molar-refractivity contribution in [3.8, 4) is 0 Å². The first-order valence-electron chi connectivity index (χ1n) is 5.64. The third-order valence-electron chi connectivity index (χ3n) is 2.57. The summed E-state index contributed by atoms with van der Waals surface area (Å²) in [7, 11) is 0. The highest BCUT2D eigenvalue weighted by Crippen LogP contribution is 2.09. The van der Waals surface area contributed by atoms with Crippen LogP contribution in [0.25, 0.3) is 0 Å². The smallest absolute Gasteiger partial charge is 0.307 e. The van der Waals surface area contributed by atoms with Gasteiger partial charge in [-0.3, -0.25) is 4.79 Å². The topological polar surface area (TPSA) is 75.4 Å². The van der Waals surface area contributed by atoms with Gasteiger partial charge in [0.1, 0.15) is 6.26 Å². The number of benzene rings is 1. The predicted octanol–water partition coefficient (Wildman–Crippen LogP) is 1.59. The van der Waals surface area contributed by atoms with Crippen molar-refractivity contribution < 1.29 is 14.4 Å². The van der Waals surface area contributed by atoms with E-state index in [1.165, 1.54) is 6.26 Å². The lowest BCUT2D eigenvalue weighted by molar-refractivity contribution is -0.136. The maximum absolute atomic E-state index is 10.7. The first kappa shape index (κ1) is 12.3. The molecule has 0 aliphatic carbocycles.